The van der Waals surface area contributed by atoms with E-state index in [-0.39, 0.29) is 12.4 Å². The molecule has 30 heavy (non-hydrogen) atoms. The van der Waals surface area contributed by atoms with Gasteiger partial charge in [-0.2, -0.15) is 0 Å². The van der Waals surface area contributed by atoms with Crippen molar-refractivity contribution in [2.24, 2.45) is 0 Å². The zero-order valence-corrected chi connectivity index (χ0v) is 15.9. The number of nitrogens with one attached hydrogen (secondary N) is 1. The van der Waals surface area contributed by atoms with Crippen molar-refractivity contribution in [2.75, 3.05) is 5.32 Å². The van der Waals surface area contributed by atoms with Gasteiger partial charge in [0.15, 0.2) is 29.0 Å². The Hall–Kier alpha value is -3.36. The van der Waals surface area contributed by atoms with E-state index in [1.807, 2.05) is 12.1 Å². The normalized spacial score (nSPS) is 11.1. The summed E-state index contributed by atoms with van der Waals surface area (Å²) in [4.78, 5) is 12.1. The first-order valence-corrected chi connectivity index (χ1v) is 8.83. The third-order valence-corrected chi connectivity index (χ3v) is 4.26. The standard InChI is InChI=1S/C21H16F5NO3/c1-10(2)11-3-5-12(6-4-11)29-9-13-7-8-14(30-13)21(28)27-20-18(25)16(23)15(22)17(24)19(20)26/h3-8,10H,9H2,1-2H3,(H,27,28). The molecule has 1 heterocycles. The Morgan fingerprint density at radius 3 is 2.03 bits per heavy atom. The van der Waals surface area contributed by atoms with Crippen LogP contribution in [0.4, 0.5) is 27.6 Å². The van der Waals surface area contributed by atoms with E-state index >= 15 is 0 Å². The van der Waals surface area contributed by atoms with Crippen molar-refractivity contribution >= 4 is 11.6 Å². The topological polar surface area (TPSA) is 51.5 Å². The van der Waals surface area contributed by atoms with Gasteiger partial charge in [-0.25, -0.2) is 22.0 Å². The van der Waals surface area contributed by atoms with Crippen LogP contribution in [-0.4, -0.2) is 5.91 Å². The molecule has 1 amide bonds. The third-order valence-electron chi connectivity index (χ3n) is 4.26. The minimum Gasteiger partial charge on any atom is -0.486 e. The van der Waals surface area contributed by atoms with Gasteiger partial charge in [-0.1, -0.05) is 26.0 Å². The monoisotopic (exact) mass is 425 g/mol. The van der Waals surface area contributed by atoms with E-state index in [0.29, 0.717) is 11.7 Å². The van der Waals surface area contributed by atoms with Gasteiger partial charge in [-0.05, 0) is 35.7 Å². The molecule has 158 valence electrons. The van der Waals surface area contributed by atoms with Gasteiger partial charge in [-0.15, -0.1) is 0 Å². The van der Waals surface area contributed by atoms with Gasteiger partial charge in [0.05, 0.1) is 0 Å². The molecule has 0 bridgehead atoms. The lowest BCUT2D eigenvalue weighted by atomic mass is 10.0. The molecule has 4 nitrogen and oxygen atoms in total. The molecule has 0 saturated heterocycles. The van der Waals surface area contributed by atoms with Crippen LogP contribution in [0.5, 0.6) is 5.75 Å². The molecule has 1 aromatic heterocycles. The maximum Gasteiger partial charge on any atom is 0.291 e. The fourth-order valence-electron chi connectivity index (χ4n) is 2.57. The lowest BCUT2D eigenvalue weighted by molar-refractivity contribution is 0.0991. The van der Waals surface area contributed by atoms with Gasteiger partial charge < -0.3 is 14.5 Å². The fourth-order valence-corrected chi connectivity index (χ4v) is 2.57. The maximum absolute atomic E-state index is 13.7. The third kappa shape index (κ3) is 4.29. The summed E-state index contributed by atoms with van der Waals surface area (Å²) >= 11 is 0. The Morgan fingerprint density at radius 2 is 1.47 bits per heavy atom. The minimum absolute atomic E-state index is 0.0448. The Kier molecular flexibility index (Phi) is 6.09. The van der Waals surface area contributed by atoms with E-state index in [1.54, 1.807) is 17.4 Å². The van der Waals surface area contributed by atoms with Gasteiger partial charge in [-0.3, -0.25) is 4.79 Å². The maximum atomic E-state index is 13.7. The number of rotatable bonds is 6. The first-order chi connectivity index (χ1) is 14.2. The van der Waals surface area contributed by atoms with Crippen LogP contribution in [0.15, 0.2) is 40.8 Å². The van der Waals surface area contributed by atoms with Crippen LogP contribution in [0.3, 0.4) is 0 Å². The molecule has 0 radical (unpaired) electrons. The first-order valence-electron chi connectivity index (χ1n) is 8.83. The number of amides is 1. The fraction of sp³-hybridized carbons (Fsp3) is 0.190. The van der Waals surface area contributed by atoms with E-state index in [2.05, 4.69) is 13.8 Å². The largest absolute Gasteiger partial charge is 0.486 e. The second-order valence-electron chi connectivity index (χ2n) is 6.68. The molecule has 0 saturated carbocycles. The number of hydrogen-bond acceptors (Lipinski definition) is 3. The summed E-state index contributed by atoms with van der Waals surface area (Å²) in [6.07, 6.45) is 0. The Labute approximate surface area is 168 Å². The van der Waals surface area contributed by atoms with Crippen molar-refractivity contribution in [3.05, 3.63) is 82.6 Å². The number of benzene rings is 2. The predicted octanol–water partition coefficient (Wildman–Crippen LogP) is 5.93. The summed E-state index contributed by atoms with van der Waals surface area (Å²) in [6, 6.07) is 9.93. The molecule has 0 aliphatic carbocycles. The molecule has 3 aromatic rings. The van der Waals surface area contributed by atoms with Gasteiger partial charge >= 0.3 is 0 Å². The van der Waals surface area contributed by atoms with Crippen LogP contribution >= 0.6 is 0 Å². The number of ether oxygens (including phenoxy) is 1. The number of carbonyl (C=O) groups is 1. The molecule has 3 rings (SSSR count). The highest BCUT2D eigenvalue weighted by atomic mass is 19.2. The molecule has 0 aliphatic heterocycles. The molecule has 0 spiro atoms. The zero-order valence-electron chi connectivity index (χ0n) is 15.9. The highest BCUT2D eigenvalue weighted by Gasteiger charge is 2.27. The summed E-state index contributed by atoms with van der Waals surface area (Å²) in [7, 11) is 0. The first kappa shape index (κ1) is 21.4. The molecule has 1 N–H and O–H groups in total. The highest BCUT2D eigenvalue weighted by Crippen LogP contribution is 2.28. The zero-order chi connectivity index (χ0) is 22.0. The summed E-state index contributed by atoms with van der Waals surface area (Å²) in [5.41, 5.74) is -0.330. The number of carbonyl (C=O) groups excluding carboxylic acids is 1. The number of anilines is 1. The Bertz CT molecular complexity index is 1050. The van der Waals surface area contributed by atoms with Crippen molar-refractivity contribution in [3.8, 4) is 5.75 Å². The molecule has 0 atom stereocenters. The van der Waals surface area contributed by atoms with Gasteiger partial charge in [0.2, 0.25) is 5.82 Å². The SMILES string of the molecule is CC(C)c1ccc(OCc2ccc(C(=O)Nc3c(F)c(F)c(F)c(F)c3F)o2)cc1. The summed E-state index contributed by atoms with van der Waals surface area (Å²) < 4.78 is 77.7. The molecule has 0 aliphatic rings. The molecule has 0 unspecified atom stereocenters. The number of halogens is 5. The van der Waals surface area contributed by atoms with Crippen molar-refractivity contribution in [1.29, 1.82) is 0 Å². The Balaban J connectivity index is 1.68. The van der Waals surface area contributed by atoms with Crippen LogP contribution in [0.2, 0.25) is 0 Å². The van der Waals surface area contributed by atoms with E-state index in [4.69, 9.17) is 9.15 Å². The number of furan rings is 1. The molecular formula is C21H16F5NO3. The van der Waals surface area contributed by atoms with Crippen LogP contribution in [0.1, 0.15) is 41.6 Å². The van der Waals surface area contributed by atoms with E-state index in [0.717, 1.165) is 5.56 Å². The molecule has 2 aromatic carbocycles. The smallest absolute Gasteiger partial charge is 0.291 e. The van der Waals surface area contributed by atoms with Crippen LogP contribution in [0.25, 0.3) is 0 Å². The van der Waals surface area contributed by atoms with Crippen molar-refractivity contribution < 1.29 is 35.9 Å². The quantitative estimate of drug-likeness (QED) is 0.303. The summed E-state index contributed by atoms with van der Waals surface area (Å²) in [6.45, 7) is 4.06. The van der Waals surface area contributed by atoms with Gasteiger partial charge in [0.1, 0.15) is 23.8 Å². The predicted molar refractivity (Wildman–Crippen MR) is 97.8 cm³/mol. The van der Waals surface area contributed by atoms with E-state index in [1.165, 1.54) is 12.1 Å². The van der Waals surface area contributed by atoms with Crippen molar-refractivity contribution in [2.45, 2.75) is 26.4 Å². The van der Waals surface area contributed by atoms with Crippen molar-refractivity contribution in [3.63, 3.8) is 0 Å². The van der Waals surface area contributed by atoms with Gasteiger partial charge in [0.25, 0.3) is 5.91 Å². The molecular weight excluding hydrogens is 409 g/mol. The second-order valence-corrected chi connectivity index (χ2v) is 6.68. The lowest BCUT2D eigenvalue weighted by Crippen LogP contribution is -2.16. The van der Waals surface area contributed by atoms with E-state index < -0.39 is 46.4 Å². The van der Waals surface area contributed by atoms with E-state index in [9.17, 15) is 26.7 Å². The van der Waals surface area contributed by atoms with Crippen LogP contribution < -0.4 is 10.1 Å². The summed E-state index contributed by atoms with van der Waals surface area (Å²) in [5, 5.41) is 1.64. The molecule has 9 heteroatoms. The van der Waals surface area contributed by atoms with Crippen LogP contribution in [-0.2, 0) is 6.61 Å². The Morgan fingerprint density at radius 1 is 0.900 bits per heavy atom. The van der Waals surface area contributed by atoms with Crippen LogP contribution in [0, 0.1) is 29.1 Å². The molecule has 0 fully saturated rings. The summed E-state index contributed by atoms with van der Waals surface area (Å²) in [5.74, 6) is -11.4. The second kappa shape index (κ2) is 8.56. The van der Waals surface area contributed by atoms with Gasteiger partial charge in [0, 0.05) is 0 Å². The highest BCUT2D eigenvalue weighted by molar-refractivity contribution is 6.02. The average molecular weight is 425 g/mol. The minimum atomic E-state index is -2.32. The number of hydrogen-bond donors (Lipinski definition) is 1. The average Bonchev–Trinajstić information content (AvgIpc) is 3.22. The lowest BCUT2D eigenvalue weighted by Gasteiger charge is -2.09. The van der Waals surface area contributed by atoms with Crippen molar-refractivity contribution in [1.82, 2.24) is 0 Å².